The summed E-state index contributed by atoms with van der Waals surface area (Å²) < 4.78 is 5.22. The fourth-order valence-corrected chi connectivity index (χ4v) is 3.30. The summed E-state index contributed by atoms with van der Waals surface area (Å²) in [5, 5.41) is 9.11. The molecule has 0 aliphatic rings. The quantitative estimate of drug-likeness (QED) is 0.247. The number of aromatic carboxylic acids is 1. The molecule has 0 amide bonds. The van der Waals surface area contributed by atoms with Gasteiger partial charge in [-0.3, -0.25) is 0 Å². The summed E-state index contributed by atoms with van der Waals surface area (Å²) in [5.74, 6) is -0.777. The Morgan fingerprint density at radius 1 is 0.857 bits per heavy atom. The van der Waals surface area contributed by atoms with Crippen LogP contribution < -0.4 is 0 Å². The van der Waals surface area contributed by atoms with Crippen molar-refractivity contribution in [1.82, 2.24) is 0 Å². The predicted octanol–water partition coefficient (Wildman–Crippen LogP) is 6.88. The fourth-order valence-electron chi connectivity index (χ4n) is 3.30. The van der Waals surface area contributed by atoms with Gasteiger partial charge in [0.25, 0.3) is 0 Å². The maximum Gasteiger partial charge on any atom is 0.339 e. The molecule has 1 N–H and O–H groups in total. The van der Waals surface area contributed by atoms with Gasteiger partial charge in [0.2, 0.25) is 0 Å². The van der Waals surface area contributed by atoms with E-state index in [1.165, 1.54) is 69.9 Å². The second-order valence-corrected chi connectivity index (χ2v) is 7.82. The van der Waals surface area contributed by atoms with Gasteiger partial charge in [-0.05, 0) is 24.5 Å². The summed E-state index contributed by atoms with van der Waals surface area (Å²) in [6, 6.07) is 6.17. The minimum Gasteiger partial charge on any atom is -0.478 e. The Morgan fingerprint density at radius 2 is 1.36 bits per heavy atom. The smallest absolute Gasteiger partial charge is 0.339 e. The first-order valence-electron chi connectivity index (χ1n) is 11.1. The van der Waals surface area contributed by atoms with Gasteiger partial charge in [-0.15, -0.1) is 0 Å². The normalized spacial score (nSPS) is 11.9. The van der Waals surface area contributed by atoms with Crippen LogP contribution in [-0.2, 0) is 4.74 Å². The molecule has 1 unspecified atom stereocenters. The average molecular weight is 391 g/mol. The molecule has 0 radical (unpaired) electrons. The number of hydrogen-bond acceptors (Lipinski definition) is 3. The molecule has 0 bridgehead atoms. The van der Waals surface area contributed by atoms with Crippen molar-refractivity contribution in [2.75, 3.05) is 6.61 Å². The van der Waals surface area contributed by atoms with E-state index in [4.69, 9.17) is 9.84 Å². The Bertz CT molecular complexity index is 567. The van der Waals surface area contributed by atoms with E-state index in [1.54, 1.807) is 12.1 Å². The number of hydrogen-bond donors (Lipinski definition) is 1. The van der Waals surface area contributed by atoms with Crippen molar-refractivity contribution in [2.24, 2.45) is 5.92 Å². The van der Waals surface area contributed by atoms with Crippen molar-refractivity contribution < 1.29 is 19.4 Å². The van der Waals surface area contributed by atoms with E-state index in [0.29, 0.717) is 6.61 Å². The summed E-state index contributed by atoms with van der Waals surface area (Å²) in [5.41, 5.74) is 0.117. The zero-order chi connectivity index (χ0) is 20.6. The van der Waals surface area contributed by atoms with Gasteiger partial charge in [0, 0.05) is 0 Å². The van der Waals surface area contributed by atoms with E-state index in [0.717, 1.165) is 25.2 Å². The van der Waals surface area contributed by atoms with Crippen LogP contribution in [0.1, 0.15) is 112 Å². The largest absolute Gasteiger partial charge is 0.478 e. The van der Waals surface area contributed by atoms with Crippen LogP contribution in [0.25, 0.3) is 0 Å². The van der Waals surface area contributed by atoms with Gasteiger partial charge >= 0.3 is 11.9 Å². The fraction of sp³-hybridized carbons (Fsp3) is 0.667. The molecule has 28 heavy (non-hydrogen) atoms. The summed E-state index contributed by atoms with van der Waals surface area (Å²) in [6.45, 7) is 4.96. The Hall–Kier alpha value is -1.84. The maximum atomic E-state index is 12.0. The zero-order valence-corrected chi connectivity index (χ0v) is 17.8. The van der Waals surface area contributed by atoms with Crippen LogP contribution in [-0.4, -0.2) is 23.7 Å². The van der Waals surface area contributed by atoms with E-state index < -0.39 is 11.9 Å². The zero-order valence-electron chi connectivity index (χ0n) is 17.8. The third kappa shape index (κ3) is 10.5. The van der Waals surface area contributed by atoms with Crippen LogP contribution in [0.4, 0.5) is 0 Å². The SMILES string of the molecule is CCC(C)CCCCCCCCCCCCOC(=O)c1ccccc1C(=O)O. The van der Waals surface area contributed by atoms with Crippen molar-refractivity contribution in [3.63, 3.8) is 0 Å². The molecule has 0 saturated carbocycles. The lowest BCUT2D eigenvalue weighted by Crippen LogP contribution is -2.12. The molecule has 1 aromatic carbocycles. The van der Waals surface area contributed by atoms with Gasteiger partial charge in [-0.2, -0.15) is 0 Å². The summed E-state index contributed by atoms with van der Waals surface area (Å²) >= 11 is 0. The number of benzene rings is 1. The number of rotatable bonds is 16. The van der Waals surface area contributed by atoms with E-state index >= 15 is 0 Å². The van der Waals surface area contributed by atoms with Gasteiger partial charge in [0.1, 0.15) is 0 Å². The van der Waals surface area contributed by atoms with Gasteiger partial charge in [0.05, 0.1) is 17.7 Å². The molecule has 4 nitrogen and oxygen atoms in total. The standard InChI is InChI=1S/C24H38O4/c1-3-20(2)16-12-10-8-6-4-5-7-9-11-15-19-28-24(27)22-18-14-13-17-21(22)23(25)26/h13-14,17-18,20H,3-12,15-16,19H2,1-2H3,(H,25,26). The molecule has 1 atom stereocenters. The molecule has 0 saturated heterocycles. The molecule has 0 aromatic heterocycles. The van der Waals surface area contributed by atoms with Crippen molar-refractivity contribution in [3.8, 4) is 0 Å². The van der Waals surface area contributed by atoms with E-state index in [2.05, 4.69) is 13.8 Å². The van der Waals surface area contributed by atoms with E-state index in [1.807, 2.05) is 0 Å². The monoisotopic (exact) mass is 390 g/mol. The molecule has 0 heterocycles. The van der Waals surface area contributed by atoms with Crippen molar-refractivity contribution in [2.45, 2.75) is 90.9 Å². The maximum absolute atomic E-state index is 12.0. The van der Waals surface area contributed by atoms with Crippen LogP contribution in [0, 0.1) is 5.92 Å². The Balaban J connectivity index is 1.97. The number of esters is 1. The number of ether oxygens (including phenoxy) is 1. The third-order valence-electron chi connectivity index (χ3n) is 5.40. The first-order chi connectivity index (χ1) is 13.6. The second kappa shape index (κ2) is 15.1. The Kier molecular flexibility index (Phi) is 13.1. The number of carboxylic acid groups (broad SMARTS) is 1. The second-order valence-electron chi connectivity index (χ2n) is 7.82. The summed E-state index contributed by atoms with van der Waals surface area (Å²) in [6.07, 6.45) is 15.0. The first kappa shape index (κ1) is 24.2. The lowest BCUT2D eigenvalue weighted by molar-refractivity contribution is 0.0487. The summed E-state index contributed by atoms with van der Waals surface area (Å²) in [7, 11) is 0. The molecular formula is C24H38O4. The van der Waals surface area contributed by atoms with E-state index in [9.17, 15) is 9.59 Å². The topological polar surface area (TPSA) is 63.6 Å². The highest BCUT2D eigenvalue weighted by atomic mass is 16.5. The molecular weight excluding hydrogens is 352 g/mol. The highest BCUT2D eigenvalue weighted by Gasteiger charge is 2.16. The summed E-state index contributed by atoms with van der Waals surface area (Å²) in [4.78, 5) is 23.2. The lowest BCUT2D eigenvalue weighted by Gasteiger charge is -2.08. The molecule has 0 aliphatic heterocycles. The van der Waals surface area contributed by atoms with Gasteiger partial charge < -0.3 is 9.84 Å². The van der Waals surface area contributed by atoms with Gasteiger partial charge in [-0.1, -0.05) is 96.6 Å². The van der Waals surface area contributed by atoms with Gasteiger partial charge in [-0.25, -0.2) is 9.59 Å². The van der Waals surface area contributed by atoms with E-state index in [-0.39, 0.29) is 11.1 Å². The molecule has 1 aromatic rings. The predicted molar refractivity (Wildman–Crippen MR) is 114 cm³/mol. The molecule has 0 spiro atoms. The van der Waals surface area contributed by atoms with Crippen molar-refractivity contribution in [3.05, 3.63) is 35.4 Å². The Morgan fingerprint density at radius 3 is 1.89 bits per heavy atom. The highest BCUT2D eigenvalue weighted by molar-refractivity contribution is 6.02. The first-order valence-corrected chi connectivity index (χ1v) is 11.1. The Labute approximate surface area is 170 Å². The van der Waals surface area contributed by atoms with Crippen molar-refractivity contribution >= 4 is 11.9 Å². The minimum atomic E-state index is -1.11. The number of carbonyl (C=O) groups excluding carboxylic acids is 1. The lowest BCUT2D eigenvalue weighted by atomic mass is 9.99. The molecule has 0 aliphatic carbocycles. The molecule has 1 rings (SSSR count). The van der Waals surface area contributed by atoms with Crippen LogP contribution in [0.3, 0.4) is 0 Å². The minimum absolute atomic E-state index is 0.00706. The van der Waals surface area contributed by atoms with Crippen LogP contribution in [0.5, 0.6) is 0 Å². The van der Waals surface area contributed by atoms with Crippen LogP contribution >= 0.6 is 0 Å². The highest BCUT2D eigenvalue weighted by Crippen LogP contribution is 2.15. The van der Waals surface area contributed by atoms with Gasteiger partial charge in [0.15, 0.2) is 0 Å². The molecule has 0 fully saturated rings. The number of carbonyl (C=O) groups is 2. The van der Waals surface area contributed by atoms with Crippen LogP contribution in [0.15, 0.2) is 24.3 Å². The third-order valence-corrected chi connectivity index (χ3v) is 5.40. The average Bonchev–Trinajstić information content (AvgIpc) is 2.70. The molecule has 4 heteroatoms. The molecule has 158 valence electrons. The number of carboxylic acids is 1. The van der Waals surface area contributed by atoms with Crippen LogP contribution in [0.2, 0.25) is 0 Å². The van der Waals surface area contributed by atoms with Crippen molar-refractivity contribution in [1.29, 1.82) is 0 Å². The number of unbranched alkanes of at least 4 members (excludes halogenated alkanes) is 9.